The van der Waals surface area contributed by atoms with Crippen LogP contribution in [0.5, 0.6) is 0 Å². The number of aliphatic hydroxyl groups excluding tert-OH is 2. The molecule has 0 saturated carbocycles. The zero-order chi connectivity index (χ0) is 37.5. The summed E-state index contributed by atoms with van der Waals surface area (Å²) in [5.74, 6) is -0.479. The van der Waals surface area contributed by atoms with Crippen LogP contribution in [0.2, 0.25) is 0 Å². The van der Waals surface area contributed by atoms with Crippen molar-refractivity contribution < 1.29 is 24.5 Å². The van der Waals surface area contributed by atoms with E-state index in [1.165, 1.54) is 141 Å². The van der Waals surface area contributed by atoms with Gasteiger partial charge in [0.05, 0.1) is 25.2 Å². The molecule has 0 rings (SSSR count). The van der Waals surface area contributed by atoms with Crippen LogP contribution in [-0.2, 0) is 14.3 Å². The molecule has 3 unspecified atom stereocenters. The molecule has 0 heterocycles. The maximum Gasteiger partial charge on any atom is 0.306 e. The quantitative estimate of drug-likeness (QED) is 0.0332. The Morgan fingerprint density at radius 1 is 0.549 bits per heavy atom. The van der Waals surface area contributed by atoms with Gasteiger partial charge in [-0.25, -0.2) is 0 Å². The Morgan fingerprint density at radius 2 is 0.941 bits per heavy atom. The molecule has 302 valence electrons. The lowest BCUT2D eigenvalue weighted by Crippen LogP contribution is -2.46. The number of unbranched alkanes of at least 4 members (excludes halogenated alkanes) is 26. The fourth-order valence-electron chi connectivity index (χ4n) is 6.89. The number of hydrogen-bond donors (Lipinski definition) is 3. The maximum absolute atomic E-state index is 13.1. The van der Waals surface area contributed by atoms with Gasteiger partial charge in [-0.3, -0.25) is 9.59 Å². The van der Waals surface area contributed by atoms with Crippen molar-refractivity contribution in [2.45, 2.75) is 257 Å². The third kappa shape index (κ3) is 35.4. The van der Waals surface area contributed by atoms with E-state index in [1.54, 1.807) is 0 Å². The van der Waals surface area contributed by atoms with Gasteiger partial charge < -0.3 is 20.3 Å². The number of nitrogens with one attached hydrogen (secondary N) is 1. The van der Waals surface area contributed by atoms with Crippen LogP contribution in [0.25, 0.3) is 0 Å². The molecule has 0 aliphatic rings. The summed E-state index contributed by atoms with van der Waals surface area (Å²) in [7, 11) is 0. The van der Waals surface area contributed by atoms with E-state index in [-0.39, 0.29) is 24.9 Å². The fourth-order valence-corrected chi connectivity index (χ4v) is 6.89. The second-order valence-electron chi connectivity index (χ2n) is 15.5. The summed E-state index contributed by atoms with van der Waals surface area (Å²) in [5, 5.41) is 23.6. The van der Waals surface area contributed by atoms with E-state index in [4.69, 9.17) is 4.74 Å². The second-order valence-corrected chi connectivity index (χ2v) is 15.5. The van der Waals surface area contributed by atoms with Gasteiger partial charge in [-0.05, 0) is 51.4 Å². The molecule has 51 heavy (non-hydrogen) atoms. The average molecular weight is 722 g/mol. The van der Waals surface area contributed by atoms with Gasteiger partial charge in [0, 0.05) is 6.42 Å². The summed E-state index contributed by atoms with van der Waals surface area (Å²) in [5.41, 5.74) is 0. The van der Waals surface area contributed by atoms with E-state index in [9.17, 15) is 19.8 Å². The second kappa shape index (κ2) is 39.8. The lowest BCUT2D eigenvalue weighted by Gasteiger charge is -2.24. The maximum atomic E-state index is 13.1. The minimum Gasteiger partial charge on any atom is -0.462 e. The highest BCUT2D eigenvalue weighted by atomic mass is 16.5. The van der Waals surface area contributed by atoms with Crippen LogP contribution in [0, 0.1) is 0 Å². The molecule has 0 bridgehead atoms. The largest absolute Gasteiger partial charge is 0.462 e. The van der Waals surface area contributed by atoms with Crippen LogP contribution in [0.15, 0.2) is 12.2 Å². The van der Waals surface area contributed by atoms with Crippen molar-refractivity contribution in [2.24, 2.45) is 0 Å². The zero-order valence-corrected chi connectivity index (χ0v) is 34.3. The Kier molecular flexibility index (Phi) is 38.7. The Balaban J connectivity index is 4.49. The molecule has 0 aliphatic carbocycles. The molecule has 0 saturated heterocycles. The third-order valence-electron chi connectivity index (χ3n) is 10.3. The predicted molar refractivity (Wildman–Crippen MR) is 218 cm³/mol. The van der Waals surface area contributed by atoms with Crippen molar-refractivity contribution in [3.63, 3.8) is 0 Å². The molecule has 0 spiro atoms. The molecule has 0 aliphatic heterocycles. The van der Waals surface area contributed by atoms with Crippen molar-refractivity contribution in [3.05, 3.63) is 12.2 Å². The topological polar surface area (TPSA) is 95.9 Å². The number of amides is 1. The van der Waals surface area contributed by atoms with Gasteiger partial charge in [0.1, 0.15) is 6.10 Å². The molecule has 0 fully saturated rings. The summed E-state index contributed by atoms with van der Waals surface area (Å²) < 4.78 is 5.87. The molecule has 0 radical (unpaired) electrons. The first-order valence-corrected chi connectivity index (χ1v) is 22.4. The molecule has 0 aromatic carbocycles. The van der Waals surface area contributed by atoms with Gasteiger partial charge in [-0.2, -0.15) is 0 Å². The predicted octanol–water partition coefficient (Wildman–Crippen LogP) is 12.6. The molecule has 6 nitrogen and oxygen atoms in total. The summed E-state index contributed by atoms with van der Waals surface area (Å²) in [6.07, 6.45) is 41.3. The van der Waals surface area contributed by atoms with Crippen LogP contribution in [0.1, 0.15) is 239 Å². The highest BCUT2D eigenvalue weighted by molar-refractivity contribution is 5.77. The molecule has 6 heteroatoms. The van der Waals surface area contributed by atoms with Gasteiger partial charge in [0.25, 0.3) is 0 Å². The van der Waals surface area contributed by atoms with Gasteiger partial charge in [0.15, 0.2) is 0 Å². The van der Waals surface area contributed by atoms with Crippen LogP contribution in [0.4, 0.5) is 0 Å². The highest BCUT2D eigenvalue weighted by Gasteiger charge is 2.24. The van der Waals surface area contributed by atoms with Gasteiger partial charge in [-0.1, -0.05) is 187 Å². The molecular formula is C45H87NO5. The molecule has 3 atom stereocenters. The standard InChI is InChI=1S/C45H87NO5/c1-4-7-10-13-16-19-21-23-25-28-31-34-37-43(48)42(40-47)46-44(49)39-41(36-33-30-27-18-15-12-9-6-3)51-45(50)38-35-32-29-26-24-22-20-17-14-11-8-5-2/h17,20,41-43,47-48H,4-16,18-19,21-40H2,1-3H3,(H,46,49)/b20-17-. The van der Waals surface area contributed by atoms with Crippen molar-refractivity contribution in [2.75, 3.05) is 6.61 Å². The smallest absolute Gasteiger partial charge is 0.306 e. The number of ether oxygens (including phenoxy) is 1. The molecule has 0 aromatic rings. The number of rotatable bonds is 40. The third-order valence-corrected chi connectivity index (χ3v) is 10.3. The number of carbonyl (C=O) groups excluding carboxylic acids is 2. The Labute approximate surface area is 317 Å². The first-order chi connectivity index (χ1) is 25.0. The van der Waals surface area contributed by atoms with Crippen LogP contribution in [-0.4, -0.2) is 46.9 Å². The Bertz CT molecular complexity index is 772. The molecular weight excluding hydrogens is 634 g/mol. The van der Waals surface area contributed by atoms with E-state index in [2.05, 4.69) is 38.2 Å². The SMILES string of the molecule is CCCCC/C=C\CCCCCCCC(=O)OC(CCCCCCCCCC)CC(=O)NC(CO)C(O)CCCCCCCCCCCCCC. The normalized spacial score (nSPS) is 13.4. The van der Waals surface area contributed by atoms with Gasteiger partial charge >= 0.3 is 5.97 Å². The highest BCUT2D eigenvalue weighted by Crippen LogP contribution is 2.17. The average Bonchev–Trinajstić information content (AvgIpc) is 3.12. The van der Waals surface area contributed by atoms with Crippen LogP contribution >= 0.6 is 0 Å². The van der Waals surface area contributed by atoms with Gasteiger partial charge in [0.2, 0.25) is 5.91 Å². The van der Waals surface area contributed by atoms with Crippen molar-refractivity contribution in [1.82, 2.24) is 5.32 Å². The van der Waals surface area contributed by atoms with E-state index in [1.807, 2.05) is 0 Å². The molecule has 3 N–H and O–H groups in total. The Hall–Kier alpha value is -1.40. The van der Waals surface area contributed by atoms with E-state index < -0.39 is 18.2 Å². The number of esters is 1. The Morgan fingerprint density at radius 3 is 1.43 bits per heavy atom. The van der Waals surface area contributed by atoms with E-state index in [0.29, 0.717) is 19.3 Å². The number of carbonyl (C=O) groups is 2. The lowest BCUT2D eigenvalue weighted by atomic mass is 10.0. The summed E-state index contributed by atoms with van der Waals surface area (Å²) >= 11 is 0. The summed E-state index contributed by atoms with van der Waals surface area (Å²) in [6, 6.07) is -0.693. The summed E-state index contributed by atoms with van der Waals surface area (Å²) in [6.45, 7) is 6.43. The number of aliphatic hydroxyl groups is 2. The van der Waals surface area contributed by atoms with Gasteiger partial charge in [-0.15, -0.1) is 0 Å². The van der Waals surface area contributed by atoms with Crippen molar-refractivity contribution in [1.29, 1.82) is 0 Å². The molecule has 1 amide bonds. The van der Waals surface area contributed by atoms with Crippen LogP contribution < -0.4 is 5.32 Å². The first kappa shape index (κ1) is 49.6. The van der Waals surface area contributed by atoms with Crippen molar-refractivity contribution in [3.8, 4) is 0 Å². The minimum atomic E-state index is -0.780. The van der Waals surface area contributed by atoms with Crippen molar-refractivity contribution >= 4 is 11.9 Å². The zero-order valence-electron chi connectivity index (χ0n) is 34.3. The van der Waals surface area contributed by atoms with Crippen LogP contribution in [0.3, 0.4) is 0 Å². The molecule has 0 aromatic heterocycles. The first-order valence-electron chi connectivity index (χ1n) is 22.4. The lowest BCUT2D eigenvalue weighted by molar-refractivity contribution is -0.151. The minimum absolute atomic E-state index is 0.0794. The monoisotopic (exact) mass is 722 g/mol. The van der Waals surface area contributed by atoms with E-state index in [0.717, 1.165) is 51.4 Å². The number of allylic oxidation sites excluding steroid dienone is 2. The fraction of sp³-hybridized carbons (Fsp3) is 0.911. The summed E-state index contributed by atoms with van der Waals surface area (Å²) in [4.78, 5) is 25.9. The number of hydrogen-bond acceptors (Lipinski definition) is 5. The van der Waals surface area contributed by atoms with E-state index >= 15 is 0 Å².